The maximum absolute atomic E-state index is 10.5. The van der Waals surface area contributed by atoms with E-state index in [4.69, 9.17) is 9.47 Å². The second-order valence-electron chi connectivity index (χ2n) is 8.39. The summed E-state index contributed by atoms with van der Waals surface area (Å²) in [6, 6.07) is 5.95. The molecule has 1 atom stereocenters. The Morgan fingerprint density at radius 2 is 1.84 bits per heavy atom. The first-order valence-corrected chi connectivity index (χ1v) is 11.3. The molecule has 31 heavy (non-hydrogen) atoms. The van der Waals surface area contributed by atoms with E-state index in [-0.39, 0.29) is 6.61 Å². The zero-order valence-corrected chi connectivity index (χ0v) is 18.9. The maximum atomic E-state index is 10.5. The van der Waals surface area contributed by atoms with Gasteiger partial charge in [-0.05, 0) is 50.7 Å². The van der Waals surface area contributed by atoms with Gasteiger partial charge in [-0.3, -0.25) is 14.9 Å². The summed E-state index contributed by atoms with van der Waals surface area (Å²) in [5, 5.41) is 10.5. The van der Waals surface area contributed by atoms with E-state index in [2.05, 4.69) is 19.8 Å². The number of hydrogen-bond donors (Lipinski definition) is 1. The van der Waals surface area contributed by atoms with Crippen molar-refractivity contribution in [2.75, 3.05) is 40.4 Å². The predicted molar refractivity (Wildman–Crippen MR) is 121 cm³/mol. The zero-order valence-electron chi connectivity index (χ0n) is 18.9. The summed E-state index contributed by atoms with van der Waals surface area (Å²) in [4.78, 5) is 13.0. The fraction of sp³-hybridized carbons (Fsp3) is 0.583. The molecule has 0 bridgehead atoms. The summed E-state index contributed by atoms with van der Waals surface area (Å²) in [5.41, 5.74) is 2.06. The zero-order chi connectivity index (χ0) is 21.9. The SMILES string of the molecule is COc1cc(CN(C)Cc2cnccn2)ccc1OC[C@H](O)CN1CCCCCCC1. The molecule has 0 spiro atoms. The van der Waals surface area contributed by atoms with E-state index in [1.54, 1.807) is 25.7 Å². The van der Waals surface area contributed by atoms with Crippen LogP contribution in [0.15, 0.2) is 36.8 Å². The van der Waals surface area contributed by atoms with E-state index in [0.29, 0.717) is 18.0 Å². The summed E-state index contributed by atoms with van der Waals surface area (Å²) < 4.78 is 11.5. The van der Waals surface area contributed by atoms with Gasteiger partial charge in [0, 0.05) is 38.2 Å². The van der Waals surface area contributed by atoms with Crippen LogP contribution in [0.1, 0.15) is 43.4 Å². The molecule has 0 saturated carbocycles. The lowest BCUT2D eigenvalue weighted by Gasteiger charge is -2.26. The van der Waals surface area contributed by atoms with Crippen LogP contribution >= 0.6 is 0 Å². The molecule has 1 fully saturated rings. The van der Waals surface area contributed by atoms with Gasteiger partial charge in [0.1, 0.15) is 12.7 Å². The van der Waals surface area contributed by atoms with Crippen molar-refractivity contribution in [2.24, 2.45) is 0 Å². The van der Waals surface area contributed by atoms with Gasteiger partial charge in [-0.2, -0.15) is 0 Å². The molecule has 2 aromatic rings. The van der Waals surface area contributed by atoms with Gasteiger partial charge in [0.15, 0.2) is 11.5 Å². The molecule has 0 radical (unpaired) electrons. The lowest BCUT2D eigenvalue weighted by atomic mass is 10.1. The number of aliphatic hydroxyl groups excluding tert-OH is 1. The van der Waals surface area contributed by atoms with Crippen molar-refractivity contribution in [3.8, 4) is 11.5 Å². The predicted octanol–water partition coefficient (Wildman–Crippen LogP) is 3.12. The van der Waals surface area contributed by atoms with E-state index in [0.717, 1.165) is 37.4 Å². The van der Waals surface area contributed by atoms with Gasteiger partial charge in [-0.15, -0.1) is 0 Å². The second-order valence-corrected chi connectivity index (χ2v) is 8.39. The van der Waals surface area contributed by atoms with Crippen molar-refractivity contribution in [2.45, 2.75) is 51.3 Å². The highest BCUT2D eigenvalue weighted by Crippen LogP contribution is 2.29. The van der Waals surface area contributed by atoms with Crippen molar-refractivity contribution in [1.82, 2.24) is 19.8 Å². The van der Waals surface area contributed by atoms with Crippen molar-refractivity contribution in [1.29, 1.82) is 0 Å². The number of hydrogen-bond acceptors (Lipinski definition) is 7. The Balaban J connectivity index is 1.49. The first-order chi connectivity index (χ1) is 15.1. The number of rotatable bonds is 10. The van der Waals surface area contributed by atoms with Crippen molar-refractivity contribution < 1.29 is 14.6 Å². The number of aromatic nitrogens is 2. The normalized spacial score (nSPS) is 16.5. The highest BCUT2D eigenvalue weighted by molar-refractivity contribution is 5.43. The van der Waals surface area contributed by atoms with E-state index >= 15 is 0 Å². The number of nitrogens with zero attached hydrogens (tertiary/aromatic N) is 4. The first kappa shape index (κ1) is 23.4. The van der Waals surface area contributed by atoms with Crippen LogP contribution in [0.2, 0.25) is 0 Å². The Bertz CT molecular complexity index is 767. The minimum Gasteiger partial charge on any atom is -0.493 e. The first-order valence-electron chi connectivity index (χ1n) is 11.3. The molecule has 7 heteroatoms. The van der Waals surface area contributed by atoms with Gasteiger partial charge >= 0.3 is 0 Å². The Hall–Kier alpha value is -2.22. The molecular weight excluding hydrogens is 392 g/mol. The van der Waals surface area contributed by atoms with Crippen LogP contribution in [0.25, 0.3) is 0 Å². The lowest BCUT2D eigenvalue weighted by Crippen LogP contribution is -2.37. The standard InChI is InChI=1S/C24H36N4O3/c1-27(17-21-15-25-10-11-26-21)16-20-8-9-23(24(14-20)30-2)31-19-22(29)18-28-12-6-4-3-5-7-13-28/h8-11,14-15,22,29H,3-7,12-13,16-19H2,1-2H3/t22-/m1/s1. The number of benzene rings is 1. The fourth-order valence-corrected chi connectivity index (χ4v) is 4.02. The Kier molecular flexibility index (Phi) is 9.52. The van der Waals surface area contributed by atoms with Gasteiger partial charge in [0.2, 0.25) is 0 Å². The van der Waals surface area contributed by atoms with Crippen LogP contribution in [0, 0.1) is 0 Å². The van der Waals surface area contributed by atoms with Crippen molar-refractivity contribution >= 4 is 0 Å². The van der Waals surface area contributed by atoms with Crippen molar-refractivity contribution in [3.63, 3.8) is 0 Å². The monoisotopic (exact) mass is 428 g/mol. The minimum atomic E-state index is -0.512. The Morgan fingerprint density at radius 3 is 2.55 bits per heavy atom. The highest BCUT2D eigenvalue weighted by atomic mass is 16.5. The summed E-state index contributed by atoms with van der Waals surface area (Å²) in [7, 11) is 3.69. The van der Waals surface area contributed by atoms with Crippen LogP contribution in [0.5, 0.6) is 11.5 Å². The number of methoxy groups -OCH3 is 1. The Labute approximate surface area is 186 Å². The number of likely N-dealkylation sites (tertiary alicyclic amines) is 1. The lowest BCUT2D eigenvalue weighted by molar-refractivity contribution is 0.0645. The average Bonchev–Trinajstić information content (AvgIpc) is 2.75. The molecular formula is C24H36N4O3. The average molecular weight is 429 g/mol. The van der Waals surface area contributed by atoms with E-state index in [1.807, 2.05) is 25.2 Å². The third kappa shape index (κ3) is 8.09. The van der Waals surface area contributed by atoms with Gasteiger partial charge in [-0.25, -0.2) is 0 Å². The quantitative estimate of drug-likeness (QED) is 0.623. The van der Waals surface area contributed by atoms with E-state index in [1.165, 1.54) is 32.1 Å². The molecule has 0 amide bonds. The highest BCUT2D eigenvalue weighted by Gasteiger charge is 2.15. The van der Waals surface area contributed by atoms with E-state index < -0.39 is 6.10 Å². The topological polar surface area (TPSA) is 71.0 Å². The number of ether oxygens (including phenoxy) is 2. The smallest absolute Gasteiger partial charge is 0.161 e. The largest absolute Gasteiger partial charge is 0.493 e. The van der Waals surface area contributed by atoms with Gasteiger partial charge in [0.05, 0.1) is 12.8 Å². The van der Waals surface area contributed by atoms with E-state index in [9.17, 15) is 5.11 Å². The second kappa shape index (κ2) is 12.6. The third-order valence-corrected chi connectivity index (χ3v) is 5.58. The summed E-state index contributed by atoms with van der Waals surface area (Å²) in [6.07, 6.45) is 11.0. The molecule has 7 nitrogen and oxygen atoms in total. The molecule has 170 valence electrons. The van der Waals surface area contributed by atoms with Crippen LogP contribution < -0.4 is 9.47 Å². The molecule has 2 heterocycles. The number of aliphatic hydroxyl groups is 1. The fourth-order valence-electron chi connectivity index (χ4n) is 4.02. The summed E-state index contributed by atoms with van der Waals surface area (Å²) >= 11 is 0. The summed E-state index contributed by atoms with van der Waals surface area (Å²) in [6.45, 7) is 4.53. The van der Waals surface area contributed by atoms with Gasteiger partial charge < -0.3 is 19.5 Å². The molecule has 1 saturated heterocycles. The van der Waals surface area contributed by atoms with Gasteiger partial charge in [0.25, 0.3) is 0 Å². The maximum Gasteiger partial charge on any atom is 0.161 e. The van der Waals surface area contributed by atoms with Crippen molar-refractivity contribution in [3.05, 3.63) is 48.0 Å². The third-order valence-electron chi connectivity index (χ3n) is 5.58. The molecule has 0 aliphatic carbocycles. The van der Waals surface area contributed by atoms with Gasteiger partial charge in [-0.1, -0.05) is 25.3 Å². The summed E-state index contributed by atoms with van der Waals surface area (Å²) in [5.74, 6) is 1.35. The van der Waals surface area contributed by atoms with Crippen LogP contribution in [0.4, 0.5) is 0 Å². The van der Waals surface area contributed by atoms with Crippen LogP contribution in [-0.4, -0.2) is 71.4 Å². The molecule has 1 aromatic heterocycles. The van der Waals surface area contributed by atoms with Crippen LogP contribution in [0.3, 0.4) is 0 Å². The van der Waals surface area contributed by atoms with Crippen LogP contribution in [-0.2, 0) is 13.1 Å². The molecule has 1 aliphatic heterocycles. The minimum absolute atomic E-state index is 0.263. The molecule has 1 aliphatic rings. The molecule has 3 rings (SSSR count). The molecule has 1 N–H and O–H groups in total. The number of β-amino-alcohol motifs (C(OH)–C–C–N with tert-alkyl or cyclic N) is 1. The molecule has 1 aromatic carbocycles. The molecule has 0 unspecified atom stereocenters. The Morgan fingerprint density at radius 1 is 1.06 bits per heavy atom.